The molecule has 0 fully saturated rings. The van der Waals surface area contributed by atoms with Gasteiger partial charge in [-0.3, -0.25) is 9.59 Å². The van der Waals surface area contributed by atoms with Crippen molar-refractivity contribution in [3.05, 3.63) is 94.9 Å². The molecule has 0 saturated carbocycles. The average molecular weight is 417 g/mol. The summed E-state index contributed by atoms with van der Waals surface area (Å²) < 4.78 is 5.32. The first-order valence-electron chi connectivity index (χ1n) is 10.8. The van der Waals surface area contributed by atoms with Crippen LogP contribution in [0.15, 0.2) is 71.3 Å². The number of rotatable bonds is 5. The predicted molar refractivity (Wildman–Crippen MR) is 120 cm³/mol. The van der Waals surface area contributed by atoms with Gasteiger partial charge in [0.25, 0.3) is 5.91 Å². The molecule has 1 N–H and O–H groups in total. The van der Waals surface area contributed by atoms with Crippen LogP contribution in [0.1, 0.15) is 65.5 Å². The molecule has 160 valence electrons. The summed E-state index contributed by atoms with van der Waals surface area (Å²) in [5.41, 5.74) is 4.46. The number of nitrogens with one attached hydrogen (secondary N) is 1. The molecule has 0 unspecified atom stereocenters. The fourth-order valence-corrected chi connectivity index (χ4v) is 4.07. The van der Waals surface area contributed by atoms with Crippen LogP contribution in [0.4, 0.5) is 0 Å². The van der Waals surface area contributed by atoms with Crippen molar-refractivity contribution in [1.82, 2.24) is 10.2 Å². The molecule has 2 aromatic carbocycles. The third-order valence-electron chi connectivity index (χ3n) is 6.01. The van der Waals surface area contributed by atoms with Gasteiger partial charge in [0.05, 0.1) is 12.3 Å². The zero-order valence-electron chi connectivity index (χ0n) is 18.2. The molecule has 0 bridgehead atoms. The topological polar surface area (TPSA) is 62.6 Å². The summed E-state index contributed by atoms with van der Waals surface area (Å²) in [7, 11) is 0. The van der Waals surface area contributed by atoms with Gasteiger partial charge in [0.1, 0.15) is 6.04 Å². The molecular weight excluding hydrogens is 388 g/mol. The van der Waals surface area contributed by atoms with E-state index >= 15 is 0 Å². The number of benzene rings is 2. The highest BCUT2D eigenvalue weighted by molar-refractivity contribution is 5.96. The molecule has 0 saturated heterocycles. The number of carbonyl (C=O) groups is 2. The number of fused-ring (bicyclic) bond motifs is 1. The first-order chi connectivity index (χ1) is 14.9. The second kappa shape index (κ2) is 8.80. The van der Waals surface area contributed by atoms with Gasteiger partial charge in [-0.25, -0.2) is 0 Å². The minimum absolute atomic E-state index is 0.158. The highest BCUT2D eigenvalue weighted by atomic mass is 16.3. The molecule has 5 nitrogen and oxygen atoms in total. The molecule has 1 aliphatic rings. The molecule has 5 heteroatoms. The van der Waals surface area contributed by atoms with Gasteiger partial charge >= 0.3 is 0 Å². The van der Waals surface area contributed by atoms with E-state index in [9.17, 15) is 9.59 Å². The molecule has 0 spiro atoms. The predicted octanol–water partition coefficient (Wildman–Crippen LogP) is 4.85. The van der Waals surface area contributed by atoms with Crippen molar-refractivity contribution >= 4 is 11.8 Å². The summed E-state index contributed by atoms with van der Waals surface area (Å²) in [5, 5.41) is 3.11. The van der Waals surface area contributed by atoms with Crippen LogP contribution in [0, 0.1) is 0 Å². The molecule has 0 aliphatic carbocycles. The van der Waals surface area contributed by atoms with E-state index in [-0.39, 0.29) is 23.6 Å². The Morgan fingerprint density at radius 1 is 0.935 bits per heavy atom. The molecule has 2 amide bonds. The van der Waals surface area contributed by atoms with Gasteiger partial charge in [-0.2, -0.15) is 0 Å². The maximum Gasteiger partial charge on any atom is 0.290 e. The first-order valence-corrected chi connectivity index (χ1v) is 10.8. The molecule has 1 aromatic heterocycles. The van der Waals surface area contributed by atoms with Crippen molar-refractivity contribution in [2.45, 2.75) is 51.7 Å². The van der Waals surface area contributed by atoms with Gasteiger partial charge in [-0.1, -0.05) is 62.4 Å². The van der Waals surface area contributed by atoms with Crippen LogP contribution in [-0.2, 0) is 17.8 Å². The number of carbonyl (C=O) groups excluding carboxylic acids is 2. The van der Waals surface area contributed by atoms with Crippen molar-refractivity contribution in [1.29, 1.82) is 0 Å². The lowest BCUT2D eigenvalue weighted by molar-refractivity contribution is -0.126. The quantitative estimate of drug-likeness (QED) is 0.647. The van der Waals surface area contributed by atoms with Gasteiger partial charge in [-0.05, 0) is 47.2 Å². The van der Waals surface area contributed by atoms with Crippen molar-refractivity contribution in [3.63, 3.8) is 0 Å². The Kier molecular flexibility index (Phi) is 5.94. The summed E-state index contributed by atoms with van der Waals surface area (Å²) in [6, 6.07) is 18.8. The molecule has 0 radical (unpaired) electrons. The van der Waals surface area contributed by atoms with E-state index in [1.165, 1.54) is 11.8 Å². The maximum atomic E-state index is 13.3. The van der Waals surface area contributed by atoms with Gasteiger partial charge in [0.15, 0.2) is 5.76 Å². The zero-order chi connectivity index (χ0) is 22.0. The lowest BCUT2D eigenvalue weighted by Gasteiger charge is -2.36. The maximum absolute atomic E-state index is 13.3. The number of hydrogen-bond donors (Lipinski definition) is 1. The van der Waals surface area contributed by atoms with Crippen molar-refractivity contribution in [2.24, 2.45) is 0 Å². The second-order valence-corrected chi connectivity index (χ2v) is 8.45. The summed E-state index contributed by atoms with van der Waals surface area (Å²) in [5.74, 6) is 0.278. The van der Waals surface area contributed by atoms with E-state index < -0.39 is 6.04 Å². The number of amides is 2. The number of nitrogens with zero attached hydrogens (tertiary/aromatic N) is 1. The van der Waals surface area contributed by atoms with Gasteiger partial charge < -0.3 is 14.6 Å². The van der Waals surface area contributed by atoms with Gasteiger partial charge in [0.2, 0.25) is 5.91 Å². The summed E-state index contributed by atoms with van der Waals surface area (Å²) in [4.78, 5) is 28.0. The molecule has 1 aliphatic heterocycles. The SMILES string of the molecule is CC(C)c1ccc([C@H](C)NC(=O)[C@H]2Cc3ccccc3CN2C(=O)c2ccco2)cc1. The molecule has 2 heterocycles. The molecular formula is C26H28N2O3. The summed E-state index contributed by atoms with van der Waals surface area (Å²) in [6.45, 7) is 6.67. The Balaban J connectivity index is 1.55. The first kappa shape index (κ1) is 20.9. The number of furan rings is 1. The summed E-state index contributed by atoms with van der Waals surface area (Å²) in [6.07, 6.45) is 1.95. The Hall–Kier alpha value is -3.34. The van der Waals surface area contributed by atoms with E-state index in [1.807, 2.05) is 31.2 Å². The van der Waals surface area contributed by atoms with Crippen LogP contribution in [0.3, 0.4) is 0 Å². The van der Waals surface area contributed by atoms with Crippen LogP contribution >= 0.6 is 0 Å². The Morgan fingerprint density at radius 3 is 2.26 bits per heavy atom. The Bertz CT molecular complexity index is 1050. The standard InChI is InChI=1S/C26H28N2O3/c1-17(2)19-10-12-20(13-11-19)18(3)27-25(29)23-15-21-7-4-5-8-22(21)16-28(23)26(30)24-9-6-14-31-24/h4-14,17-18,23H,15-16H2,1-3H3,(H,27,29)/t18-,23+/m0/s1. The van der Waals surface area contributed by atoms with Crippen LogP contribution in [0.2, 0.25) is 0 Å². The van der Waals surface area contributed by atoms with Gasteiger partial charge in [0, 0.05) is 13.0 Å². The summed E-state index contributed by atoms with van der Waals surface area (Å²) >= 11 is 0. The lowest BCUT2D eigenvalue weighted by atomic mass is 9.92. The molecule has 2 atom stereocenters. The van der Waals surface area contributed by atoms with Crippen molar-refractivity contribution in [3.8, 4) is 0 Å². The monoisotopic (exact) mass is 416 g/mol. The van der Waals surface area contributed by atoms with Crippen LogP contribution in [0.25, 0.3) is 0 Å². The molecule has 4 rings (SSSR count). The van der Waals surface area contributed by atoms with E-state index in [4.69, 9.17) is 4.42 Å². The fourth-order valence-electron chi connectivity index (χ4n) is 4.07. The van der Waals surface area contributed by atoms with Gasteiger partial charge in [-0.15, -0.1) is 0 Å². The van der Waals surface area contributed by atoms with Crippen molar-refractivity contribution in [2.75, 3.05) is 0 Å². The number of hydrogen-bond acceptors (Lipinski definition) is 3. The zero-order valence-corrected chi connectivity index (χ0v) is 18.2. The van der Waals surface area contributed by atoms with Crippen LogP contribution in [-0.4, -0.2) is 22.8 Å². The minimum atomic E-state index is -0.593. The van der Waals surface area contributed by atoms with E-state index in [0.29, 0.717) is 18.9 Å². The van der Waals surface area contributed by atoms with Crippen LogP contribution < -0.4 is 5.32 Å². The molecule has 31 heavy (non-hydrogen) atoms. The highest BCUT2D eigenvalue weighted by Gasteiger charge is 2.36. The smallest absolute Gasteiger partial charge is 0.290 e. The molecule has 3 aromatic rings. The fraction of sp³-hybridized carbons (Fsp3) is 0.308. The Labute approximate surface area is 183 Å². The highest BCUT2D eigenvalue weighted by Crippen LogP contribution is 2.26. The minimum Gasteiger partial charge on any atom is -0.459 e. The Morgan fingerprint density at radius 2 is 1.61 bits per heavy atom. The van der Waals surface area contributed by atoms with Crippen molar-refractivity contribution < 1.29 is 14.0 Å². The van der Waals surface area contributed by atoms with E-state index in [2.05, 4.69) is 43.4 Å². The third kappa shape index (κ3) is 4.41. The van der Waals surface area contributed by atoms with Crippen LogP contribution in [0.5, 0.6) is 0 Å². The second-order valence-electron chi connectivity index (χ2n) is 8.45. The van der Waals surface area contributed by atoms with E-state index in [1.54, 1.807) is 17.0 Å². The lowest BCUT2D eigenvalue weighted by Crippen LogP contribution is -2.52. The normalized spacial score (nSPS) is 16.6. The third-order valence-corrected chi connectivity index (χ3v) is 6.01. The average Bonchev–Trinajstić information content (AvgIpc) is 3.32. The van der Waals surface area contributed by atoms with E-state index in [0.717, 1.165) is 16.7 Å². The largest absolute Gasteiger partial charge is 0.459 e.